The van der Waals surface area contributed by atoms with Gasteiger partial charge in [-0.2, -0.15) is 0 Å². The van der Waals surface area contributed by atoms with Crippen LogP contribution in [0.1, 0.15) is 16.1 Å². The molecule has 2 aromatic carbocycles. The second-order valence-electron chi connectivity index (χ2n) is 5.41. The highest BCUT2D eigenvalue weighted by Gasteiger charge is 2.14. The molecule has 132 valence electrons. The van der Waals surface area contributed by atoms with Crippen LogP contribution in [0, 0.1) is 0 Å². The Morgan fingerprint density at radius 3 is 2.62 bits per heavy atom. The molecule has 0 aliphatic heterocycles. The lowest BCUT2D eigenvalue weighted by Gasteiger charge is -2.08. The number of methoxy groups -OCH3 is 1. The van der Waals surface area contributed by atoms with Crippen LogP contribution in [0.4, 0.5) is 5.69 Å². The minimum absolute atomic E-state index is 0.111. The molecule has 1 heterocycles. The van der Waals surface area contributed by atoms with Crippen LogP contribution in [-0.2, 0) is 16.0 Å². The zero-order valence-corrected chi connectivity index (χ0v) is 15.4. The quantitative estimate of drug-likeness (QED) is 0.658. The molecule has 0 bridgehead atoms. The summed E-state index contributed by atoms with van der Waals surface area (Å²) < 4.78 is 4.73. The zero-order valence-electron chi connectivity index (χ0n) is 13.9. The Hall–Kier alpha value is -2.70. The third-order valence-corrected chi connectivity index (χ3v) is 4.78. The van der Waals surface area contributed by atoms with Gasteiger partial charge in [-0.15, -0.1) is 11.3 Å². The van der Waals surface area contributed by atoms with Crippen LogP contribution in [0.25, 0.3) is 10.6 Å². The van der Waals surface area contributed by atoms with E-state index in [2.05, 4.69) is 10.3 Å². The number of thiazole rings is 1. The van der Waals surface area contributed by atoms with Crippen LogP contribution in [-0.4, -0.2) is 24.0 Å². The molecule has 0 saturated carbocycles. The number of anilines is 1. The molecule has 0 saturated heterocycles. The Morgan fingerprint density at radius 1 is 1.15 bits per heavy atom. The minimum atomic E-state index is -0.500. The fourth-order valence-electron chi connectivity index (χ4n) is 2.35. The van der Waals surface area contributed by atoms with Gasteiger partial charge in [-0.25, -0.2) is 9.78 Å². The number of benzene rings is 2. The summed E-state index contributed by atoms with van der Waals surface area (Å²) in [5, 5.41) is 6.06. The van der Waals surface area contributed by atoms with Crippen molar-refractivity contribution in [1.29, 1.82) is 0 Å². The number of amides is 1. The van der Waals surface area contributed by atoms with Crippen molar-refractivity contribution in [2.75, 3.05) is 12.4 Å². The molecule has 26 heavy (non-hydrogen) atoms. The summed E-state index contributed by atoms with van der Waals surface area (Å²) in [4.78, 5) is 28.6. The largest absolute Gasteiger partial charge is 0.465 e. The molecule has 0 atom stereocenters. The lowest BCUT2D eigenvalue weighted by Crippen LogP contribution is -2.17. The van der Waals surface area contributed by atoms with E-state index in [-0.39, 0.29) is 12.3 Å². The predicted octanol–water partition coefficient (Wildman–Crippen LogP) is 4.43. The molecule has 3 aromatic rings. The van der Waals surface area contributed by atoms with Gasteiger partial charge in [-0.3, -0.25) is 4.79 Å². The van der Waals surface area contributed by atoms with E-state index in [1.165, 1.54) is 18.4 Å². The molecular formula is C19H15ClN2O3S. The molecular weight excluding hydrogens is 372 g/mol. The SMILES string of the molecule is COC(=O)c1ccccc1NC(=O)Cc1csc(-c2ccc(Cl)cc2)n1. The molecule has 1 aromatic heterocycles. The highest BCUT2D eigenvalue weighted by molar-refractivity contribution is 7.13. The Morgan fingerprint density at radius 2 is 1.88 bits per heavy atom. The Bertz CT molecular complexity index is 938. The molecule has 0 unspecified atom stereocenters. The number of para-hydroxylation sites is 1. The third-order valence-electron chi connectivity index (χ3n) is 3.59. The number of rotatable bonds is 5. The summed E-state index contributed by atoms with van der Waals surface area (Å²) >= 11 is 7.35. The van der Waals surface area contributed by atoms with E-state index >= 15 is 0 Å². The van der Waals surface area contributed by atoms with Gasteiger partial charge in [-0.05, 0) is 24.3 Å². The normalized spacial score (nSPS) is 10.4. The maximum Gasteiger partial charge on any atom is 0.339 e. The molecule has 7 heteroatoms. The van der Waals surface area contributed by atoms with Gasteiger partial charge in [0.2, 0.25) is 5.91 Å². The van der Waals surface area contributed by atoms with Gasteiger partial charge in [0, 0.05) is 16.0 Å². The third kappa shape index (κ3) is 4.28. The van der Waals surface area contributed by atoms with Crippen molar-refractivity contribution in [1.82, 2.24) is 4.98 Å². The van der Waals surface area contributed by atoms with E-state index in [9.17, 15) is 9.59 Å². The number of aromatic nitrogens is 1. The standard InChI is InChI=1S/C19H15ClN2O3S/c1-25-19(24)15-4-2-3-5-16(15)22-17(23)10-14-11-26-18(21-14)12-6-8-13(20)9-7-12/h2-9,11H,10H2,1H3,(H,22,23). The number of ether oxygens (including phenoxy) is 1. The molecule has 5 nitrogen and oxygen atoms in total. The molecule has 3 rings (SSSR count). The highest BCUT2D eigenvalue weighted by Crippen LogP contribution is 2.25. The van der Waals surface area contributed by atoms with Gasteiger partial charge in [0.25, 0.3) is 0 Å². The van der Waals surface area contributed by atoms with Crippen LogP contribution in [0.2, 0.25) is 5.02 Å². The van der Waals surface area contributed by atoms with Crippen LogP contribution in [0.3, 0.4) is 0 Å². The van der Waals surface area contributed by atoms with E-state index < -0.39 is 5.97 Å². The van der Waals surface area contributed by atoms with Crippen molar-refractivity contribution in [3.63, 3.8) is 0 Å². The number of esters is 1. The van der Waals surface area contributed by atoms with Crippen molar-refractivity contribution in [3.05, 3.63) is 70.2 Å². The topological polar surface area (TPSA) is 68.3 Å². The van der Waals surface area contributed by atoms with Gasteiger partial charge in [0.05, 0.1) is 30.5 Å². The molecule has 0 aliphatic carbocycles. The first-order valence-electron chi connectivity index (χ1n) is 7.74. The maximum absolute atomic E-state index is 12.3. The number of carbonyl (C=O) groups excluding carboxylic acids is 2. The predicted molar refractivity (Wildman–Crippen MR) is 103 cm³/mol. The van der Waals surface area contributed by atoms with Crippen molar-refractivity contribution < 1.29 is 14.3 Å². The summed E-state index contributed by atoms with van der Waals surface area (Å²) in [5.41, 5.74) is 2.33. The summed E-state index contributed by atoms with van der Waals surface area (Å²) in [5.74, 6) is -0.756. The lowest BCUT2D eigenvalue weighted by molar-refractivity contribution is -0.115. The van der Waals surface area contributed by atoms with Gasteiger partial charge in [0.15, 0.2) is 0 Å². The van der Waals surface area contributed by atoms with Crippen LogP contribution in [0.15, 0.2) is 53.9 Å². The first-order valence-corrected chi connectivity index (χ1v) is 9.00. The smallest absolute Gasteiger partial charge is 0.339 e. The van der Waals surface area contributed by atoms with Gasteiger partial charge in [-0.1, -0.05) is 35.9 Å². The number of hydrogen-bond acceptors (Lipinski definition) is 5. The van der Waals surface area contributed by atoms with E-state index in [4.69, 9.17) is 16.3 Å². The van der Waals surface area contributed by atoms with Crippen LogP contribution < -0.4 is 5.32 Å². The number of carbonyl (C=O) groups is 2. The molecule has 1 amide bonds. The molecule has 0 aliphatic rings. The molecule has 0 radical (unpaired) electrons. The number of nitrogens with zero attached hydrogens (tertiary/aromatic N) is 1. The number of hydrogen-bond donors (Lipinski definition) is 1. The van der Waals surface area contributed by atoms with Crippen molar-refractivity contribution in [3.8, 4) is 10.6 Å². The Balaban J connectivity index is 1.70. The van der Waals surface area contributed by atoms with Crippen molar-refractivity contribution >= 4 is 40.5 Å². The van der Waals surface area contributed by atoms with Gasteiger partial charge < -0.3 is 10.1 Å². The number of halogens is 1. The van der Waals surface area contributed by atoms with Crippen LogP contribution in [0.5, 0.6) is 0 Å². The average Bonchev–Trinajstić information content (AvgIpc) is 3.10. The second-order valence-corrected chi connectivity index (χ2v) is 6.71. The van der Waals surface area contributed by atoms with Gasteiger partial charge in [0.1, 0.15) is 5.01 Å². The summed E-state index contributed by atoms with van der Waals surface area (Å²) in [6.45, 7) is 0. The zero-order chi connectivity index (χ0) is 18.5. The lowest BCUT2D eigenvalue weighted by atomic mass is 10.1. The fourth-order valence-corrected chi connectivity index (χ4v) is 3.30. The van der Waals surface area contributed by atoms with E-state index in [1.807, 2.05) is 17.5 Å². The Kier molecular flexibility index (Phi) is 5.65. The molecule has 0 fully saturated rings. The maximum atomic E-state index is 12.3. The Labute approximate surface area is 159 Å². The fraction of sp³-hybridized carbons (Fsp3) is 0.105. The second kappa shape index (κ2) is 8.12. The van der Waals surface area contributed by atoms with E-state index in [0.717, 1.165) is 10.6 Å². The minimum Gasteiger partial charge on any atom is -0.465 e. The summed E-state index contributed by atoms with van der Waals surface area (Å²) in [6.07, 6.45) is 0.111. The van der Waals surface area contributed by atoms with Crippen molar-refractivity contribution in [2.24, 2.45) is 0 Å². The number of nitrogens with one attached hydrogen (secondary N) is 1. The van der Waals surface area contributed by atoms with Crippen LogP contribution >= 0.6 is 22.9 Å². The van der Waals surface area contributed by atoms with E-state index in [0.29, 0.717) is 22.0 Å². The van der Waals surface area contributed by atoms with E-state index in [1.54, 1.807) is 36.4 Å². The van der Waals surface area contributed by atoms with Gasteiger partial charge >= 0.3 is 5.97 Å². The highest BCUT2D eigenvalue weighted by atomic mass is 35.5. The molecule has 1 N–H and O–H groups in total. The average molecular weight is 387 g/mol. The summed E-state index contributed by atoms with van der Waals surface area (Å²) in [7, 11) is 1.30. The summed E-state index contributed by atoms with van der Waals surface area (Å²) in [6, 6.07) is 14.1. The first-order chi connectivity index (χ1) is 12.6. The first kappa shape index (κ1) is 18.1. The monoisotopic (exact) mass is 386 g/mol. The molecule has 0 spiro atoms. The van der Waals surface area contributed by atoms with Crippen molar-refractivity contribution in [2.45, 2.75) is 6.42 Å².